The average Bonchev–Trinajstić information content (AvgIpc) is 3.36. The van der Waals surface area contributed by atoms with Crippen LogP contribution in [0, 0.1) is 5.92 Å². The van der Waals surface area contributed by atoms with E-state index in [2.05, 4.69) is 15.3 Å². The van der Waals surface area contributed by atoms with E-state index in [0.29, 0.717) is 49.2 Å². The number of rotatable bonds is 6. The SMILES string of the molecule is CCCCN(C(=O)C1CCN(c2ccc3nnc(C(F)(F)F)n3n2)CC1)C1CCS(=O)(=O)C1. The third kappa shape index (κ3) is 5.07. The third-order valence-electron chi connectivity index (χ3n) is 6.36. The molecule has 2 aliphatic rings. The van der Waals surface area contributed by atoms with Crippen LogP contribution < -0.4 is 4.90 Å². The highest BCUT2D eigenvalue weighted by atomic mass is 32.2. The van der Waals surface area contributed by atoms with Crippen molar-refractivity contribution in [3.05, 3.63) is 18.0 Å². The highest BCUT2D eigenvalue weighted by Gasteiger charge is 2.39. The summed E-state index contributed by atoms with van der Waals surface area (Å²) in [4.78, 5) is 16.9. The summed E-state index contributed by atoms with van der Waals surface area (Å²) < 4.78 is 64.0. The highest BCUT2D eigenvalue weighted by Crippen LogP contribution is 2.30. The zero-order valence-corrected chi connectivity index (χ0v) is 19.1. The monoisotopic (exact) mass is 488 g/mol. The number of fused-ring (bicyclic) bond motifs is 1. The molecule has 2 aromatic heterocycles. The second-order valence-electron chi connectivity index (χ2n) is 8.69. The number of amides is 1. The van der Waals surface area contributed by atoms with Crippen molar-refractivity contribution in [2.75, 3.05) is 36.0 Å². The van der Waals surface area contributed by atoms with Gasteiger partial charge in [0.1, 0.15) is 5.82 Å². The molecular weight excluding hydrogens is 461 g/mol. The summed E-state index contributed by atoms with van der Waals surface area (Å²) in [6.45, 7) is 3.49. The van der Waals surface area contributed by atoms with Crippen molar-refractivity contribution in [3.63, 3.8) is 0 Å². The number of carbonyl (C=O) groups is 1. The van der Waals surface area contributed by atoms with Gasteiger partial charge in [-0.3, -0.25) is 4.79 Å². The van der Waals surface area contributed by atoms with Gasteiger partial charge in [0.2, 0.25) is 5.91 Å². The van der Waals surface area contributed by atoms with Crippen LogP contribution in [0.4, 0.5) is 19.0 Å². The predicted molar refractivity (Wildman–Crippen MR) is 114 cm³/mol. The van der Waals surface area contributed by atoms with Crippen molar-refractivity contribution >= 4 is 27.2 Å². The lowest BCUT2D eigenvalue weighted by Crippen LogP contribution is -2.47. The van der Waals surface area contributed by atoms with E-state index in [4.69, 9.17) is 0 Å². The first-order valence-electron chi connectivity index (χ1n) is 11.1. The van der Waals surface area contributed by atoms with Crippen molar-refractivity contribution in [3.8, 4) is 0 Å². The van der Waals surface area contributed by atoms with Crippen molar-refractivity contribution in [1.82, 2.24) is 24.7 Å². The van der Waals surface area contributed by atoms with Gasteiger partial charge in [-0.1, -0.05) is 13.3 Å². The topological polar surface area (TPSA) is 101 Å². The molecule has 2 fully saturated rings. The van der Waals surface area contributed by atoms with E-state index in [-0.39, 0.29) is 35.0 Å². The Hall–Kier alpha value is -2.44. The standard InChI is InChI=1S/C20H27F3N6O3S/c1-2-3-9-28(15-8-12-33(31,32)13-15)18(30)14-6-10-27(11-7-14)17-5-4-16-24-25-19(20(21,22)23)29(16)26-17/h4-5,14-15H,2-3,6-13H2,1H3. The fraction of sp³-hybridized carbons (Fsp3) is 0.700. The number of anilines is 1. The van der Waals surface area contributed by atoms with Crippen LogP contribution in [0.5, 0.6) is 0 Å². The quantitative estimate of drug-likeness (QED) is 0.614. The first kappa shape index (κ1) is 23.7. The van der Waals surface area contributed by atoms with Gasteiger partial charge in [0, 0.05) is 31.6 Å². The Morgan fingerprint density at radius 3 is 2.52 bits per heavy atom. The second kappa shape index (κ2) is 9.07. The Labute approximate surface area is 189 Å². The number of aromatic nitrogens is 4. The number of hydrogen-bond acceptors (Lipinski definition) is 7. The first-order valence-corrected chi connectivity index (χ1v) is 13.0. The lowest BCUT2D eigenvalue weighted by atomic mass is 9.94. The predicted octanol–water partition coefficient (Wildman–Crippen LogP) is 2.18. The number of nitrogens with zero attached hydrogens (tertiary/aromatic N) is 6. The maximum atomic E-state index is 13.3. The lowest BCUT2D eigenvalue weighted by Gasteiger charge is -2.36. The number of alkyl halides is 3. The molecule has 9 nitrogen and oxygen atoms in total. The fourth-order valence-corrected chi connectivity index (χ4v) is 6.27. The van der Waals surface area contributed by atoms with E-state index < -0.39 is 21.8 Å². The van der Waals surface area contributed by atoms with E-state index in [0.717, 1.165) is 12.8 Å². The van der Waals surface area contributed by atoms with Crippen LogP contribution in [0.3, 0.4) is 0 Å². The molecule has 4 heterocycles. The molecule has 0 bridgehead atoms. The van der Waals surface area contributed by atoms with E-state index in [1.54, 1.807) is 11.0 Å². The summed E-state index contributed by atoms with van der Waals surface area (Å²) in [5.41, 5.74) is 0.00854. The largest absolute Gasteiger partial charge is 0.453 e. The van der Waals surface area contributed by atoms with Crippen molar-refractivity contribution in [2.45, 2.75) is 51.2 Å². The maximum absolute atomic E-state index is 13.3. The normalized spacial score (nSPS) is 21.6. The van der Waals surface area contributed by atoms with Crippen LogP contribution in [0.2, 0.25) is 0 Å². The summed E-state index contributed by atoms with van der Waals surface area (Å²) in [5.74, 6) is -0.946. The molecule has 182 valence electrons. The molecule has 0 aromatic carbocycles. The van der Waals surface area contributed by atoms with E-state index in [9.17, 15) is 26.4 Å². The van der Waals surface area contributed by atoms with Gasteiger partial charge >= 0.3 is 6.18 Å². The zero-order chi connectivity index (χ0) is 23.8. The minimum Gasteiger partial charge on any atom is -0.355 e. The van der Waals surface area contributed by atoms with Crippen molar-refractivity contribution in [2.24, 2.45) is 5.92 Å². The number of hydrogen-bond donors (Lipinski definition) is 0. The van der Waals surface area contributed by atoms with E-state index >= 15 is 0 Å². The van der Waals surface area contributed by atoms with Gasteiger partial charge in [0.05, 0.1) is 11.5 Å². The molecule has 13 heteroatoms. The number of unbranched alkanes of at least 4 members (excludes halogenated alkanes) is 1. The minimum atomic E-state index is -4.67. The summed E-state index contributed by atoms with van der Waals surface area (Å²) in [5, 5.41) is 10.8. The molecule has 2 saturated heterocycles. The van der Waals surface area contributed by atoms with Gasteiger partial charge in [-0.2, -0.15) is 17.7 Å². The lowest BCUT2D eigenvalue weighted by molar-refractivity contribution is -0.146. The Bertz CT molecular complexity index is 1110. The Morgan fingerprint density at radius 1 is 1.18 bits per heavy atom. The molecule has 1 unspecified atom stereocenters. The van der Waals surface area contributed by atoms with Gasteiger partial charge in [-0.05, 0) is 37.8 Å². The maximum Gasteiger partial charge on any atom is 0.453 e. The highest BCUT2D eigenvalue weighted by molar-refractivity contribution is 7.91. The van der Waals surface area contributed by atoms with E-state index in [1.807, 2.05) is 11.8 Å². The third-order valence-corrected chi connectivity index (χ3v) is 8.11. The fourth-order valence-electron chi connectivity index (χ4n) is 4.54. The summed E-state index contributed by atoms with van der Waals surface area (Å²) >= 11 is 0. The van der Waals surface area contributed by atoms with Crippen molar-refractivity contribution in [1.29, 1.82) is 0 Å². The summed E-state index contributed by atoms with van der Waals surface area (Å²) in [6, 6.07) is 2.77. The summed E-state index contributed by atoms with van der Waals surface area (Å²) in [7, 11) is -3.10. The van der Waals surface area contributed by atoms with Gasteiger partial charge in [0.25, 0.3) is 5.82 Å². The van der Waals surface area contributed by atoms with E-state index in [1.165, 1.54) is 6.07 Å². The first-order chi connectivity index (χ1) is 15.6. The van der Waals surface area contributed by atoms with Crippen LogP contribution >= 0.6 is 0 Å². The van der Waals surface area contributed by atoms with Gasteiger partial charge in [-0.25, -0.2) is 8.42 Å². The van der Waals surface area contributed by atoms with Gasteiger partial charge in [-0.15, -0.1) is 15.3 Å². The second-order valence-corrected chi connectivity index (χ2v) is 10.9. The molecule has 33 heavy (non-hydrogen) atoms. The molecule has 0 saturated carbocycles. The summed E-state index contributed by atoms with van der Waals surface area (Å²) in [6.07, 6.45) is -1.44. The molecule has 0 spiro atoms. The molecule has 0 aliphatic carbocycles. The van der Waals surface area contributed by atoms with Crippen LogP contribution in [0.1, 0.15) is 44.9 Å². The Morgan fingerprint density at radius 2 is 1.91 bits per heavy atom. The molecule has 4 rings (SSSR count). The minimum absolute atomic E-state index is 0.00854. The molecular formula is C20H27F3N6O3S. The van der Waals surface area contributed by atoms with Gasteiger partial charge < -0.3 is 9.80 Å². The number of halogens is 3. The molecule has 1 atom stereocenters. The van der Waals surface area contributed by atoms with Crippen LogP contribution in [-0.2, 0) is 20.8 Å². The van der Waals surface area contributed by atoms with Gasteiger partial charge in [0.15, 0.2) is 15.5 Å². The van der Waals surface area contributed by atoms with Crippen LogP contribution in [0.25, 0.3) is 5.65 Å². The molecule has 2 aromatic rings. The molecule has 0 N–H and O–H groups in total. The van der Waals surface area contributed by atoms with Crippen LogP contribution in [0.15, 0.2) is 12.1 Å². The zero-order valence-electron chi connectivity index (χ0n) is 18.3. The van der Waals surface area contributed by atoms with Crippen molar-refractivity contribution < 1.29 is 26.4 Å². The molecule has 0 radical (unpaired) electrons. The Balaban J connectivity index is 1.45. The number of carbonyl (C=O) groups excluding carboxylic acids is 1. The average molecular weight is 489 g/mol. The molecule has 2 aliphatic heterocycles. The smallest absolute Gasteiger partial charge is 0.355 e. The number of piperidine rings is 1. The van der Waals surface area contributed by atoms with Crippen LogP contribution in [-0.4, -0.2) is 76.2 Å². The molecule has 1 amide bonds. The number of sulfone groups is 1. The Kier molecular flexibility index (Phi) is 6.52.